The highest BCUT2D eigenvalue weighted by atomic mass is 32.2. The first-order valence-electron chi connectivity index (χ1n) is 9.65. The van der Waals surface area contributed by atoms with E-state index in [4.69, 9.17) is 0 Å². The minimum absolute atomic E-state index is 0.0423. The Morgan fingerprint density at radius 1 is 1.10 bits per heavy atom. The molecule has 0 radical (unpaired) electrons. The summed E-state index contributed by atoms with van der Waals surface area (Å²) in [6.07, 6.45) is 1.54. The van der Waals surface area contributed by atoms with Crippen LogP contribution in [0.3, 0.4) is 0 Å². The predicted octanol–water partition coefficient (Wildman–Crippen LogP) is 2.95. The number of aromatic nitrogens is 1. The van der Waals surface area contributed by atoms with Crippen LogP contribution in [0.25, 0.3) is 0 Å². The summed E-state index contributed by atoms with van der Waals surface area (Å²) in [7, 11) is -3.90. The molecule has 0 spiro atoms. The Balaban J connectivity index is 1.56. The molecule has 0 bridgehead atoms. The first-order chi connectivity index (χ1) is 14.8. The second kappa shape index (κ2) is 8.44. The molecule has 0 saturated heterocycles. The van der Waals surface area contributed by atoms with E-state index in [1.165, 1.54) is 18.2 Å². The molecular formula is C22H21FN4O3S. The van der Waals surface area contributed by atoms with Crippen LogP contribution in [-0.4, -0.2) is 36.8 Å². The lowest BCUT2D eigenvalue weighted by Gasteiger charge is -2.36. The second-order valence-electron chi connectivity index (χ2n) is 7.25. The van der Waals surface area contributed by atoms with E-state index < -0.39 is 15.9 Å². The lowest BCUT2D eigenvalue weighted by atomic mass is 10.2. The van der Waals surface area contributed by atoms with E-state index in [0.717, 1.165) is 15.6 Å². The quantitative estimate of drug-likeness (QED) is 0.660. The van der Waals surface area contributed by atoms with Crippen LogP contribution in [0.5, 0.6) is 0 Å². The topological polar surface area (TPSA) is 82.6 Å². The fourth-order valence-corrected chi connectivity index (χ4v) is 4.79. The number of hydrogen-bond donors (Lipinski definition) is 1. The minimum atomic E-state index is -3.90. The molecule has 31 heavy (non-hydrogen) atoms. The van der Waals surface area contributed by atoms with E-state index in [1.54, 1.807) is 29.3 Å². The van der Waals surface area contributed by atoms with Gasteiger partial charge in [0.2, 0.25) is 15.9 Å². The molecule has 2 aromatic carbocycles. The van der Waals surface area contributed by atoms with E-state index in [-0.39, 0.29) is 30.5 Å². The maximum Gasteiger partial charge on any atom is 0.248 e. The fraction of sp³-hybridized carbons (Fsp3) is 0.182. The SMILES string of the molecule is Cc1ccc(N2CN(CC(=O)NCc3ccc(F)cc3)S(=O)(=O)c3cccnc32)cc1. The van der Waals surface area contributed by atoms with Gasteiger partial charge in [0.15, 0.2) is 5.82 Å². The monoisotopic (exact) mass is 440 g/mol. The molecular weight excluding hydrogens is 419 g/mol. The summed E-state index contributed by atoms with van der Waals surface area (Å²) in [5, 5.41) is 2.69. The van der Waals surface area contributed by atoms with Gasteiger partial charge in [-0.05, 0) is 48.9 Å². The summed E-state index contributed by atoms with van der Waals surface area (Å²) < 4.78 is 40.4. The Morgan fingerprint density at radius 3 is 2.52 bits per heavy atom. The molecule has 160 valence electrons. The van der Waals surface area contributed by atoms with Gasteiger partial charge in [-0.1, -0.05) is 29.8 Å². The zero-order chi connectivity index (χ0) is 22.0. The van der Waals surface area contributed by atoms with Crippen LogP contribution >= 0.6 is 0 Å². The van der Waals surface area contributed by atoms with Crippen LogP contribution in [-0.2, 0) is 21.4 Å². The molecule has 2 heterocycles. The molecule has 1 amide bonds. The fourth-order valence-electron chi connectivity index (χ4n) is 3.31. The van der Waals surface area contributed by atoms with Crippen molar-refractivity contribution in [3.63, 3.8) is 0 Å². The van der Waals surface area contributed by atoms with E-state index in [9.17, 15) is 17.6 Å². The van der Waals surface area contributed by atoms with Crippen LogP contribution in [0.4, 0.5) is 15.9 Å². The van der Waals surface area contributed by atoms with Crippen molar-refractivity contribution in [2.45, 2.75) is 18.4 Å². The summed E-state index contributed by atoms with van der Waals surface area (Å²) in [6, 6.07) is 16.4. The Kier molecular flexibility index (Phi) is 5.71. The number of hydrogen-bond acceptors (Lipinski definition) is 5. The zero-order valence-electron chi connectivity index (χ0n) is 16.8. The first-order valence-corrected chi connectivity index (χ1v) is 11.1. The number of nitrogens with zero attached hydrogens (tertiary/aromatic N) is 3. The maximum atomic E-state index is 13.1. The summed E-state index contributed by atoms with van der Waals surface area (Å²) in [5.41, 5.74) is 2.57. The van der Waals surface area contributed by atoms with E-state index in [0.29, 0.717) is 11.4 Å². The molecule has 3 aromatic rings. The molecule has 7 nitrogen and oxygen atoms in total. The van der Waals surface area contributed by atoms with Crippen molar-refractivity contribution in [2.75, 3.05) is 18.1 Å². The van der Waals surface area contributed by atoms with Gasteiger partial charge in [-0.2, -0.15) is 4.31 Å². The molecule has 0 fully saturated rings. The lowest BCUT2D eigenvalue weighted by molar-refractivity contribution is -0.121. The number of rotatable bonds is 5. The van der Waals surface area contributed by atoms with Crippen molar-refractivity contribution in [3.8, 4) is 0 Å². The molecule has 0 atom stereocenters. The molecule has 0 unspecified atom stereocenters. The van der Waals surface area contributed by atoms with E-state index >= 15 is 0 Å². The number of fused-ring (bicyclic) bond motifs is 1. The van der Waals surface area contributed by atoms with Gasteiger partial charge >= 0.3 is 0 Å². The van der Waals surface area contributed by atoms with Gasteiger partial charge in [-0.15, -0.1) is 0 Å². The highest BCUT2D eigenvalue weighted by molar-refractivity contribution is 7.89. The van der Waals surface area contributed by atoms with Crippen molar-refractivity contribution in [1.29, 1.82) is 0 Å². The third kappa shape index (κ3) is 4.42. The molecule has 1 aliphatic heterocycles. The zero-order valence-corrected chi connectivity index (χ0v) is 17.6. The van der Waals surface area contributed by atoms with Crippen molar-refractivity contribution >= 4 is 27.4 Å². The number of aryl methyl sites for hydroxylation is 1. The van der Waals surface area contributed by atoms with Crippen LogP contribution in [0, 0.1) is 12.7 Å². The molecule has 1 aliphatic rings. The largest absolute Gasteiger partial charge is 0.351 e. The minimum Gasteiger partial charge on any atom is -0.351 e. The molecule has 1 aromatic heterocycles. The third-order valence-electron chi connectivity index (χ3n) is 4.99. The molecule has 0 saturated carbocycles. The maximum absolute atomic E-state index is 13.1. The number of nitrogens with one attached hydrogen (secondary N) is 1. The summed E-state index contributed by atoms with van der Waals surface area (Å²) >= 11 is 0. The molecule has 9 heteroatoms. The number of amides is 1. The van der Waals surface area contributed by atoms with Crippen molar-refractivity contribution in [1.82, 2.24) is 14.6 Å². The summed E-state index contributed by atoms with van der Waals surface area (Å²) in [6.45, 7) is 1.75. The van der Waals surface area contributed by atoms with Crippen LogP contribution < -0.4 is 10.2 Å². The first kappa shape index (κ1) is 21.0. The number of benzene rings is 2. The number of pyridine rings is 1. The highest BCUT2D eigenvalue weighted by Gasteiger charge is 2.37. The second-order valence-corrected chi connectivity index (χ2v) is 9.15. The number of halogens is 1. The van der Waals surface area contributed by atoms with Crippen molar-refractivity contribution < 1.29 is 17.6 Å². The van der Waals surface area contributed by atoms with Gasteiger partial charge in [0.05, 0.1) is 13.2 Å². The summed E-state index contributed by atoms with van der Waals surface area (Å²) in [4.78, 5) is 18.6. The van der Waals surface area contributed by atoms with Crippen LogP contribution in [0.1, 0.15) is 11.1 Å². The number of sulfonamides is 1. The normalized spacial score (nSPS) is 15.4. The van der Waals surface area contributed by atoms with Crippen molar-refractivity contribution in [3.05, 3.63) is 83.8 Å². The highest BCUT2D eigenvalue weighted by Crippen LogP contribution is 2.35. The summed E-state index contributed by atoms with van der Waals surface area (Å²) in [5.74, 6) is -0.489. The number of anilines is 2. The van der Waals surface area contributed by atoms with Gasteiger partial charge in [0, 0.05) is 18.4 Å². The van der Waals surface area contributed by atoms with Gasteiger partial charge in [0.1, 0.15) is 10.7 Å². The van der Waals surface area contributed by atoms with Gasteiger partial charge < -0.3 is 10.2 Å². The molecule has 0 aliphatic carbocycles. The molecule has 1 N–H and O–H groups in total. The Labute approximate surface area is 180 Å². The predicted molar refractivity (Wildman–Crippen MR) is 115 cm³/mol. The van der Waals surface area contributed by atoms with Crippen molar-refractivity contribution in [2.24, 2.45) is 0 Å². The van der Waals surface area contributed by atoms with Gasteiger partial charge in [0.25, 0.3) is 0 Å². The Morgan fingerprint density at radius 2 is 1.81 bits per heavy atom. The molecule has 4 rings (SSSR count). The lowest BCUT2D eigenvalue weighted by Crippen LogP contribution is -2.48. The van der Waals surface area contributed by atoms with Gasteiger partial charge in [-0.25, -0.2) is 17.8 Å². The standard InChI is InChI=1S/C22H21FN4O3S/c1-16-4-10-19(11-5-16)27-15-26(31(29,30)20-3-2-12-24-22(20)27)14-21(28)25-13-17-6-8-18(23)9-7-17/h2-12H,13-15H2,1H3,(H,25,28). The van der Waals surface area contributed by atoms with Crippen LogP contribution in [0.2, 0.25) is 0 Å². The number of carbonyl (C=O) groups excluding carboxylic acids is 1. The smallest absolute Gasteiger partial charge is 0.248 e. The average Bonchev–Trinajstić information content (AvgIpc) is 2.76. The van der Waals surface area contributed by atoms with E-state index in [2.05, 4.69) is 10.3 Å². The number of carbonyl (C=O) groups is 1. The Bertz CT molecular complexity index is 1200. The Hall–Kier alpha value is -3.30. The van der Waals surface area contributed by atoms with Gasteiger partial charge in [-0.3, -0.25) is 4.79 Å². The van der Waals surface area contributed by atoms with Crippen LogP contribution in [0.15, 0.2) is 71.8 Å². The van der Waals surface area contributed by atoms with E-state index in [1.807, 2.05) is 31.2 Å². The average molecular weight is 441 g/mol. The third-order valence-corrected chi connectivity index (χ3v) is 6.79.